The molecule has 5 aliphatic rings. The van der Waals surface area contributed by atoms with E-state index in [9.17, 15) is 0 Å². The lowest BCUT2D eigenvalue weighted by Gasteiger charge is -2.57. The molecule has 1 aromatic heterocycles. The molecule has 3 nitrogen and oxygen atoms in total. The van der Waals surface area contributed by atoms with Gasteiger partial charge in [0.05, 0.1) is 33.8 Å². The van der Waals surface area contributed by atoms with Crippen LogP contribution in [-0.2, 0) is 5.41 Å². The van der Waals surface area contributed by atoms with Crippen LogP contribution in [0.1, 0.15) is 44.1 Å². The van der Waals surface area contributed by atoms with Gasteiger partial charge in [0.15, 0.2) is 0 Å². The minimum atomic E-state index is 0.361. The molecule has 0 spiro atoms. The second-order valence-corrected chi connectivity index (χ2v) is 17.9. The molecule has 4 fully saturated rings. The summed E-state index contributed by atoms with van der Waals surface area (Å²) in [5, 5.41) is 2.54. The van der Waals surface area contributed by atoms with Crippen molar-refractivity contribution in [2.45, 2.75) is 53.7 Å². The highest BCUT2D eigenvalue weighted by Gasteiger charge is 2.51. The Balaban J connectivity index is 1.01. The number of aromatic nitrogens is 1. The normalized spacial score (nSPS) is 22.0. The molecule has 0 N–H and O–H groups in total. The molecule has 4 bridgehead atoms. The number of nitrogens with zero attached hydrogens (tertiary/aromatic N) is 3. The van der Waals surface area contributed by atoms with Crippen molar-refractivity contribution in [2.24, 2.45) is 17.8 Å². The lowest BCUT2D eigenvalue weighted by atomic mass is 9.48. The van der Waals surface area contributed by atoms with E-state index >= 15 is 0 Å². The molecule has 0 atom stereocenters. The number of fused-ring (bicyclic) bond motifs is 5. The molecule has 4 saturated carbocycles. The van der Waals surface area contributed by atoms with Crippen LogP contribution in [0.15, 0.2) is 180 Å². The monoisotopic (exact) mass is 741 g/mol. The summed E-state index contributed by atoms with van der Waals surface area (Å²) in [6.45, 7) is 0. The van der Waals surface area contributed by atoms with Gasteiger partial charge in [-0.2, -0.15) is 0 Å². The predicted octanol–water partition coefficient (Wildman–Crippen LogP) is 14.7. The van der Waals surface area contributed by atoms with Gasteiger partial charge in [0, 0.05) is 37.6 Å². The van der Waals surface area contributed by atoms with Gasteiger partial charge in [-0.05, 0) is 152 Å². The maximum atomic E-state index is 2.49. The van der Waals surface area contributed by atoms with E-state index in [1.807, 2.05) is 11.8 Å². The molecule has 4 heteroatoms. The van der Waals surface area contributed by atoms with Crippen molar-refractivity contribution in [1.82, 2.24) is 4.57 Å². The molecule has 7 aromatic carbocycles. The van der Waals surface area contributed by atoms with Crippen molar-refractivity contribution in [1.29, 1.82) is 0 Å². The smallest absolute Gasteiger partial charge is 0.0702 e. The largest absolute Gasteiger partial charge is 0.308 e. The van der Waals surface area contributed by atoms with Crippen LogP contribution in [0.3, 0.4) is 0 Å². The molecule has 8 aromatic rings. The average Bonchev–Trinajstić information content (AvgIpc) is 3.57. The minimum absolute atomic E-state index is 0.361. The molecule has 2 heterocycles. The molecule has 0 unspecified atom stereocenters. The van der Waals surface area contributed by atoms with Crippen LogP contribution in [0.25, 0.3) is 27.5 Å². The van der Waals surface area contributed by atoms with Crippen LogP contribution >= 0.6 is 11.8 Å². The predicted molar refractivity (Wildman–Crippen MR) is 234 cm³/mol. The number of hydrogen-bond acceptors (Lipinski definition) is 3. The van der Waals surface area contributed by atoms with Crippen LogP contribution in [0.2, 0.25) is 0 Å². The summed E-state index contributed by atoms with van der Waals surface area (Å²) in [4.78, 5) is 7.45. The highest BCUT2D eigenvalue weighted by Crippen LogP contribution is 2.61. The zero-order valence-electron chi connectivity index (χ0n) is 31.4. The number of para-hydroxylation sites is 6. The Bertz CT molecular complexity index is 2650. The number of anilines is 6. The third kappa shape index (κ3) is 5.05. The first-order valence-electron chi connectivity index (χ1n) is 20.4. The average molecular weight is 742 g/mol. The van der Waals surface area contributed by atoms with Crippen molar-refractivity contribution in [3.63, 3.8) is 0 Å². The van der Waals surface area contributed by atoms with E-state index in [0.717, 1.165) is 40.5 Å². The van der Waals surface area contributed by atoms with Gasteiger partial charge in [0.25, 0.3) is 0 Å². The number of benzene rings is 7. The van der Waals surface area contributed by atoms with Gasteiger partial charge in [0.1, 0.15) is 0 Å². The van der Waals surface area contributed by atoms with E-state index in [2.05, 4.69) is 184 Å². The van der Waals surface area contributed by atoms with Crippen LogP contribution in [0, 0.1) is 17.8 Å². The van der Waals surface area contributed by atoms with E-state index in [0.29, 0.717) is 5.41 Å². The summed E-state index contributed by atoms with van der Waals surface area (Å²) < 4.78 is 2.46. The van der Waals surface area contributed by atoms with Crippen LogP contribution < -0.4 is 9.80 Å². The number of hydrogen-bond donors (Lipinski definition) is 0. The fraction of sp³-hybridized carbons (Fsp3) is 0.192. The highest BCUT2D eigenvalue weighted by atomic mass is 32.2. The van der Waals surface area contributed by atoms with Gasteiger partial charge in [-0.15, -0.1) is 0 Å². The third-order valence-corrected chi connectivity index (χ3v) is 14.6. The number of rotatable bonds is 6. The Morgan fingerprint density at radius 1 is 0.464 bits per heavy atom. The molecule has 0 saturated heterocycles. The molecule has 272 valence electrons. The molecular weight excluding hydrogens is 699 g/mol. The molecule has 1 aliphatic heterocycles. The Hall–Kier alpha value is -5.71. The molecule has 13 rings (SSSR count). The van der Waals surface area contributed by atoms with Crippen molar-refractivity contribution in [2.75, 3.05) is 9.80 Å². The SMILES string of the molecule is c1ccc2c(c1)Sc1ccccc1N2c1ccc(N(c2ccc(C34CC5CC(CC(C5)C3)C4)cc2)c2ccccc2-n2c3ccccc3c3ccccc32)cc1. The Morgan fingerprint density at radius 2 is 0.929 bits per heavy atom. The van der Waals surface area contributed by atoms with Crippen LogP contribution in [0.5, 0.6) is 0 Å². The zero-order chi connectivity index (χ0) is 36.8. The lowest BCUT2D eigenvalue weighted by molar-refractivity contribution is -0.00518. The van der Waals surface area contributed by atoms with Crippen molar-refractivity contribution in [3.05, 3.63) is 175 Å². The van der Waals surface area contributed by atoms with Crippen LogP contribution in [0.4, 0.5) is 34.1 Å². The third-order valence-electron chi connectivity index (χ3n) is 13.5. The molecule has 0 radical (unpaired) electrons. The van der Waals surface area contributed by atoms with Gasteiger partial charge in [-0.1, -0.05) is 96.7 Å². The summed E-state index contributed by atoms with van der Waals surface area (Å²) in [6, 6.07) is 63.2. The molecule has 56 heavy (non-hydrogen) atoms. The maximum absolute atomic E-state index is 2.49. The Kier molecular flexibility index (Phi) is 7.35. The van der Waals surface area contributed by atoms with Crippen molar-refractivity contribution in [3.8, 4) is 5.69 Å². The van der Waals surface area contributed by atoms with E-state index in [1.165, 1.54) is 87.2 Å². The van der Waals surface area contributed by atoms with Crippen molar-refractivity contribution >= 4 is 67.7 Å². The molecular formula is C52H43N3S. The first-order valence-corrected chi connectivity index (χ1v) is 21.3. The Morgan fingerprint density at radius 3 is 1.50 bits per heavy atom. The lowest BCUT2D eigenvalue weighted by Crippen LogP contribution is -2.48. The van der Waals surface area contributed by atoms with E-state index in [4.69, 9.17) is 0 Å². The second kappa shape index (κ2) is 12.7. The van der Waals surface area contributed by atoms with Gasteiger partial charge in [-0.25, -0.2) is 0 Å². The van der Waals surface area contributed by atoms with E-state index < -0.39 is 0 Å². The summed E-state index contributed by atoms with van der Waals surface area (Å²) in [7, 11) is 0. The van der Waals surface area contributed by atoms with E-state index in [1.54, 1.807) is 5.56 Å². The Labute approximate surface area is 333 Å². The van der Waals surface area contributed by atoms with E-state index in [-0.39, 0.29) is 0 Å². The second-order valence-electron chi connectivity index (χ2n) is 16.8. The summed E-state index contributed by atoms with van der Waals surface area (Å²) in [5.74, 6) is 2.77. The quantitative estimate of drug-likeness (QED) is 0.168. The highest BCUT2D eigenvalue weighted by molar-refractivity contribution is 7.99. The summed E-state index contributed by atoms with van der Waals surface area (Å²) in [5.41, 5.74) is 12.6. The zero-order valence-corrected chi connectivity index (χ0v) is 32.2. The fourth-order valence-corrected chi connectivity index (χ4v) is 12.7. The van der Waals surface area contributed by atoms with Gasteiger partial charge >= 0.3 is 0 Å². The van der Waals surface area contributed by atoms with Gasteiger partial charge in [-0.3, -0.25) is 0 Å². The maximum Gasteiger partial charge on any atom is 0.0702 e. The van der Waals surface area contributed by atoms with Crippen LogP contribution in [-0.4, -0.2) is 4.57 Å². The first-order chi connectivity index (χ1) is 27.7. The first kappa shape index (κ1) is 32.5. The fourth-order valence-electron chi connectivity index (χ4n) is 11.6. The van der Waals surface area contributed by atoms with Gasteiger partial charge in [0.2, 0.25) is 0 Å². The standard InChI is InChI=1S/C52H43N3S/c1-3-13-44-42(11-1)43-12-2-4-14-45(43)55(44)47-16-6-5-15-46(47)53(39-23-21-38(22-24-39)52-32-35-29-36(33-52)31-37(30-35)34-52)40-25-27-41(28-26-40)54-48-17-7-9-19-50(48)56-51-20-10-8-18-49(51)54/h1-28,35-37H,29-34H2. The van der Waals surface area contributed by atoms with Crippen molar-refractivity contribution < 1.29 is 0 Å². The molecule has 0 amide bonds. The minimum Gasteiger partial charge on any atom is -0.308 e. The molecule has 4 aliphatic carbocycles. The topological polar surface area (TPSA) is 11.4 Å². The van der Waals surface area contributed by atoms with Gasteiger partial charge < -0.3 is 14.4 Å². The summed E-state index contributed by atoms with van der Waals surface area (Å²) >= 11 is 1.85. The summed E-state index contributed by atoms with van der Waals surface area (Å²) in [6.07, 6.45) is 8.53.